The molecular weight excluding hydrogens is 412 g/mol. The zero-order valence-electron chi connectivity index (χ0n) is 18.9. The smallest absolute Gasteiger partial charge is 0.250 e. The van der Waals surface area contributed by atoms with Gasteiger partial charge in [-0.2, -0.15) is 0 Å². The summed E-state index contributed by atoms with van der Waals surface area (Å²) in [5.74, 6) is -1.56. The van der Waals surface area contributed by atoms with Gasteiger partial charge in [-0.05, 0) is 56.6 Å². The molecule has 0 unspecified atom stereocenters. The summed E-state index contributed by atoms with van der Waals surface area (Å²) in [7, 11) is 0. The average molecular weight is 448 g/mol. The molecule has 4 aliphatic rings. The molecule has 0 bridgehead atoms. The SMILES string of the molecule is O=C1CC[C@@H](CN2CCC(F)(F)CC2)N1c1ccc(OC2CC(N3CCCCC3)C2)cc1. The average Bonchev–Trinajstić information content (AvgIpc) is 3.13. The fraction of sp³-hybridized carbons (Fsp3) is 0.720. The number of alkyl halides is 2. The lowest BCUT2D eigenvalue weighted by Gasteiger charge is -2.44. The molecule has 1 aliphatic carbocycles. The topological polar surface area (TPSA) is 36.0 Å². The van der Waals surface area contributed by atoms with Crippen LogP contribution in [0.3, 0.4) is 0 Å². The summed E-state index contributed by atoms with van der Waals surface area (Å²) in [5.41, 5.74) is 0.881. The van der Waals surface area contributed by atoms with Gasteiger partial charge in [0.05, 0.1) is 6.04 Å². The van der Waals surface area contributed by atoms with E-state index in [1.54, 1.807) is 0 Å². The predicted molar refractivity (Wildman–Crippen MR) is 120 cm³/mol. The van der Waals surface area contributed by atoms with Crippen molar-refractivity contribution >= 4 is 11.6 Å². The summed E-state index contributed by atoms with van der Waals surface area (Å²) in [6.07, 6.45) is 7.63. The molecule has 1 aromatic rings. The molecule has 0 N–H and O–H groups in total. The molecule has 3 saturated heterocycles. The highest BCUT2D eigenvalue weighted by atomic mass is 19.3. The molecule has 32 heavy (non-hydrogen) atoms. The Hall–Kier alpha value is -1.73. The third kappa shape index (κ3) is 4.93. The summed E-state index contributed by atoms with van der Waals surface area (Å²) < 4.78 is 33.1. The lowest BCUT2D eigenvalue weighted by molar-refractivity contribution is -0.117. The van der Waals surface area contributed by atoms with Crippen LogP contribution in [0.25, 0.3) is 0 Å². The van der Waals surface area contributed by atoms with Gasteiger partial charge in [0, 0.05) is 63.5 Å². The Bertz CT molecular complexity index is 781. The van der Waals surface area contributed by atoms with Crippen molar-refractivity contribution in [2.24, 2.45) is 0 Å². The number of hydrogen-bond acceptors (Lipinski definition) is 4. The number of likely N-dealkylation sites (tertiary alicyclic amines) is 2. The lowest BCUT2D eigenvalue weighted by Crippen LogP contribution is -2.50. The minimum atomic E-state index is -2.54. The fourth-order valence-electron chi connectivity index (χ4n) is 5.73. The van der Waals surface area contributed by atoms with Gasteiger partial charge >= 0.3 is 0 Å². The van der Waals surface area contributed by atoms with E-state index in [-0.39, 0.29) is 30.9 Å². The minimum absolute atomic E-state index is 0.0536. The van der Waals surface area contributed by atoms with E-state index in [1.807, 2.05) is 29.2 Å². The highest BCUT2D eigenvalue weighted by molar-refractivity contribution is 5.96. The Morgan fingerprint density at radius 1 is 0.969 bits per heavy atom. The van der Waals surface area contributed by atoms with E-state index in [2.05, 4.69) is 9.80 Å². The molecule has 4 fully saturated rings. The quantitative estimate of drug-likeness (QED) is 0.651. The maximum absolute atomic E-state index is 13.5. The maximum Gasteiger partial charge on any atom is 0.250 e. The van der Waals surface area contributed by atoms with E-state index in [0.29, 0.717) is 32.1 Å². The van der Waals surface area contributed by atoms with Crippen molar-refractivity contribution in [3.8, 4) is 5.75 Å². The summed E-state index contributed by atoms with van der Waals surface area (Å²) in [4.78, 5) is 19.2. The van der Waals surface area contributed by atoms with Crippen molar-refractivity contribution < 1.29 is 18.3 Å². The van der Waals surface area contributed by atoms with Crippen LogP contribution in [0.4, 0.5) is 14.5 Å². The van der Waals surface area contributed by atoms with Crippen molar-refractivity contribution in [2.45, 2.75) is 81.9 Å². The van der Waals surface area contributed by atoms with E-state index < -0.39 is 5.92 Å². The number of amides is 1. The molecule has 176 valence electrons. The normalized spacial score (nSPS) is 31.5. The third-order valence-electron chi connectivity index (χ3n) is 7.78. The van der Waals surface area contributed by atoms with Crippen LogP contribution in [0.2, 0.25) is 0 Å². The van der Waals surface area contributed by atoms with Gasteiger partial charge in [-0.25, -0.2) is 8.78 Å². The highest BCUT2D eigenvalue weighted by Gasteiger charge is 2.38. The number of ether oxygens (including phenoxy) is 1. The van der Waals surface area contributed by atoms with Crippen LogP contribution in [-0.4, -0.2) is 72.5 Å². The van der Waals surface area contributed by atoms with E-state index in [9.17, 15) is 13.6 Å². The second kappa shape index (κ2) is 9.26. The molecule has 0 spiro atoms. The summed E-state index contributed by atoms with van der Waals surface area (Å²) in [6, 6.07) is 8.60. The molecule has 7 heteroatoms. The first kappa shape index (κ1) is 22.1. The standard InChI is InChI=1S/C25H35F2N3O2/c26-25(27)10-14-28(15-11-25)18-20-6-9-24(31)30(20)19-4-7-22(8-5-19)32-23-16-21(17-23)29-12-2-1-3-13-29/h4-5,7-8,20-21,23H,1-3,6,9-18H2/t20-,21?,23?/m0/s1. The fourth-order valence-corrected chi connectivity index (χ4v) is 5.73. The third-order valence-corrected chi connectivity index (χ3v) is 7.78. The second-order valence-corrected chi connectivity index (χ2v) is 10.1. The molecule has 5 nitrogen and oxygen atoms in total. The van der Waals surface area contributed by atoms with Gasteiger partial charge in [0.15, 0.2) is 0 Å². The first-order valence-electron chi connectivity index (χ1n) is 12.4. The summed E-state index contributed by atoms with van der Waals surface area (Å²) in [6.45, 7) is 3.93. The van der Waals surface area contributed by atoms with Crippen LogP contribution in [0.1, 0.15) is 57.8 Å². The van der Waals surface area contributed by atoms with Crippen LogP contribution in [0.15, 0.2) is 24.3 Å². The van der Waals surface area contributed by atoms with Gasteiger partial charge in [0.1, 0.15) is 11.9 Å². The molecule has 0 radical (unpaired) electrons. The maximum atomic E-state index is 13.5. The van der Waals surface area contributed by atoms with Crippen LogP contribution >= 0.6 is 0 Å². The molecule has 3 aliphatic heterocycles. The molecule has 3 heterocycles. The van der Waals surface area contributed by atoms with E-state index in [4.69, 9.17) is 4.74 Å². The van der Waals surface area contributed by atoms with E-state index in [1.165, 1.54) is 32.4 Å². The number of hydrogen-bond donors (Lipinski definition) is 0. The predicted octanol–water partition coefficient (Wildman–Crippen LogP) is 4.31. The minimum Gasteiger partial charge on any atom is -0.490 e. The number of halogens is 2. The van der Waals surface area contributed by atoms with E-state index in [0.717, 1.165) is 30.7 Å². The zero-order chi connectivity index (χ0) is 22.1. The van der Waals surface area contributed by atoms with Crippen molar-refractivity contribution in [3.05, 3.63) is 24.3 Å². The zero-order valence-corrected chi connectivity index (χ0v) is 18.9. The van der Waals surface area contributed by atoms with Gasteiger partial charge < -0.3 is 19.4 Å². The number of piperidine rings is 2. The first-order valence-corrected chi connectivity index (χ1v) is 12.4. The summed E-state index contributed by atoms with van der Waals surface area (Å²) >= 11 is 0. The monoisotopic (exact) mass is 447 g/mol. The van der Waals surface area contributed by atoms with Gasteiger partial charge in [0.2, 0.25) is 5.91 Å². The van der Waals surface area contributed by atoms with Gasteiger partial charge in [-0.3, -0.25) is 4.79 Å². The van der Waals surface area contributed by atoms with Gasteiger partial charge in [-0.15, -0.1) is 0 Å². The van der Waals surface area contributed by atoms with Crippen LogP contribution in [0.5, 0.6) is 5.75 Å². The summed E-state index contributed by atoms with van der Waals surface area (Å²) in [5, 5.41) is 0. The van der Waals surface area contributed by atoms with Gasteiger partial charge in [-0.1, -0.05) is 6.42 Å². The van der Waals surface area contributed by atoms with Crippen molar-refractivity contribution in [2.75, 3.05) is 37.6 Å². The Morgan fingerprint density at radius 3 is 2.34 bits per heavy atom. The van der Waals surface area contributed by atoms with E-state index >= 15 is 0 Å². The first-order chi connectivity index (χ1) is 15.5. The van der Waals surface area contributed by atoms with Crippen molar-refractivity contribution in [1.82, 2.24) is 9.80 Å². The van der Waals surface area contributed by atoms with Crippen molar-refractivity contribution in [3.63, 3.8) is 0 Å². The molecule has 1 saturated carbocycles. The molecular formula is C25H35F2N3O2. The molecule has 0 aromatic heterocycles. The Kier molecular flexibility index (Phi) is 6.39. The number of rotatable bonds is 6. The number of nitrogens with zero attached hydrogens (tertiary/aromatic N) is 3. The Balaban J connectivity index is 1.14. The van der Waals surface area contributed by atoms with Crippen LogP contribution in [-0.2, 0) is 4.79 Å². The molecule has 1 atom stereocenters. The number of carbonyl (C=O) groups is 1. The second-order valence-electron chi connectivity index (χ2n) is 10.1. The Morgan fingerprint density at radius 2 is 1.66 bits per heavy atom. The number of anilines is 1. The lowest BCUT2D eigenvalue weighted by atomic mass is 9.86. The number of benzene rings is 1. The van der Waals surface area contributed by atoms with Crippen molar-refractivity contribution in [1.29, 1.82) is 0 Å². The highest BCUT2D eigenvalue weighted by Crippen LogP contribution is 2.34. The van der Waals surface area contributed by atoms with Crippen LogP contribution < -0.4 is 9.64 Å². The van der Waals surface area contributed by atoms with Crippen LogP contribution in [0, 0.1) is 0 Å². The molecule has 1 aromatic carbocycles. The molecule has 5 rings (SSSR count). The molecule has 1 amide bonds. The Labute approximate surface area is 189 Å². The van der Waals surface area contributed by atoms with Gasteiger partial charge in [0.25, 0.3) is 5.92 Å². The number of carbonyl (C=O) groups excluding carboxylic acids is 1. The largest absolute Gasteiger partial charge is 0.490 e.